The summed E-state index contributed by atoms with van der Waals surface area (Å²) in [6, 6.07) is 26.6. The average molecular weight is 421 g/mol. The third kappa shape index (κ3) is 3.96. The summed E-state index contributed by atoms with van der Waals surface area (Å²) in [6.07, 6.45) is 1.69. The van der Waals surface area contributed by atoms with Crippen LogP contribution in [-0.4, -0.2) is 19.5 Å². The molecular weight excluding hydrogens is 396 g/mol. The van der Waals surface area contributed by atoms with Crippen molar-refractivity contribution in [1.82, 2.24) is 24.8 Å². The van der Waals surface area contributed by atoms with Crippen molar-refractivity contribution in [3.63, 3.8) is 0 Å². The molecular formula is C26H24N6. The Bertz CT molecular complexity index is 1360. The number of anilines is 1. The number of aromatic nitrogens is 4. The molecule has 0 bridgehead atoms. The van der Waals surface area contributed by atoms with Gasteiger partial charge in [0, 0.05) is 30.7 Å². The van der Waals surface area contributed by atoms with Crippen LogP contribution in [0, 0.1) is 6.92 Å². The molecule has 0 saturated carbocycles. The highest BCUT2D eigenvalue weighted by atomic mass is 15.1. The van der Waals surface area contributed by atoms with Gasteiger partial charge in [-0.15, -0.1) is 0 Å². The Morgan fingerprint density at radius 1 is 0.812 bits per heavy atom. The van der Waals surface area contributed by atoms with Crippen molar-refractivity contribution in [1.29, 1.82) is 0 Å². The number of nitrogen functional groups attached to an aromatic ring is 1. The van der Waals surface area contributed by atoms with Crippen LogP contribution >= 0.6 is 0 Å². The lowest BCUT2D eigenvalue weighted by Crippen LogP contribution is -2.12. The number of rotatable bonds is 6. The first-order valence-corrected chi connectivity index (χ1v) is 10.6. The molecule has 32 heavy (non-hydrogen) atoms. The number of hydrogen-bond donors (Lipinski definition) is 2. The molecule has 5 rings (SSSR count). The van der Waals surface area contributed by atoms with Gasteiger partial charge in [-0.05, 0) is 54.4 Å². The molecule has 0 fully saturated rings. The third-order valence-electron chi connectivity index (χ3n) is 5.42. The van der Waals surface area contributed by atoms with Crippen molar-refractivity contribution in [2.75, 3.05) is 5.73 Å². The zero-order valence-electron chi connectivity index (χ0n) is 17.9. The molecule has 0 unspecified atom stereocenters. The van der Waals surface area contributed by atoms with Crippen LogP contribution in [0.25, 0.3) is 28.2 Å². The maximum Gasteiger partial charge on any atom is 0.165 e. The van der Waals surface area contributed by atoms with Gasteiger partial charge in [-0.25, -0.2) is 15.0 Å². The van der Waals surface area contributed by atoms with Gasteiger partial charge < -0.3 is 11.1 Å². The van der Waals surface area contributed by atoms with E-state index in [1.807, 2.05) is 37.3 Å². The topological polar surface area (TPSA) is 81.6 Å². The van der Waals surface area contributed by atoms with E-state index in [4.69, 9.17) is 15.7 Å². The minimum atomic E-state index is 0.447. The lowest BCUT2D eigenvalue weighted by atomic mass is 10.1. The maximum absolute atomic E-state index is 6.19. The van der Waals surface area contributed by atoms with Crippen molar-refractivity contribution in [2.45, 2.75) is 20.0 Å². The first-order valence-electron chi connectivity index (χ1n) is 10.6. The summed E-state index contributed by atoms with van der Waals surface area (Å²) >= 11 is 0. The van der Waals surface area contributed by atoms with Crippen LogP contribution in [0.5, 0.6) is 0 Å². The fraction of sp³-hybridized carbons (Fsp3) is 0.115. The van der Waals surface area contributed by atoms with Gasteiger partial charge in [-0.2, -0.15) is 0 Å². The van der Waals surface area contributed by atoms with Crippen molar-refractivity contribution >= 4 is 17.0 Å². The predicted molar refractivity (Wildman–Crippen MR) is 128 cm³/mol. The van der Waals surface area contributed by atoms with Gasteiger partial charge in [0.15, 0.2) is 11.5 Å². The zero-order chi connectivity index (χ0) is 21.9. The number of benzene rings is 2. The molecule has 2 aromatic carbocycles. The molecule has 6 heteroatoms. The number of nitrogens with zero attached hydrogens (tertiary/aromatic N) is 4. The van der Waals surface area contributed by atoms with E-state index in [2.05, 4.69) is 63.4 Å². The molecule has 0 aliphatic carbocycles. The molecule has 0 spiro atoms. The largest absolute Gasteiger partial charge is 0.383 e. The van der Waals surface area contributed by atoms with Gasteiger partial charge in [-0.3, -0.25) is 4.57 Å². The maximum atomic E-state index is 6.19. The fourth-order valence-electron chi connectivity index (χ4n) is 3.79. The van der Waals surface area contributed by atoms with E-state index < -0.39 is 0 Å². The quantitative estimate of drug-likeness (QED) is 0.417. The molecule has 0 aliphatic rings. The molecule has 0 atom stereocenters. The van der Waals surface area contributed by atoms with Crippen molar-refractivity contribution in [3.8, 4) is 17.1 Å². The van der Waals surface area contributed by atoms with Crippen LogP contribution in [-0.2, 0) is 13.1 Å². The Kier molecular flexibility index (Phi) is 5.35. The van der Waals surface area contributed by atoms with Crippen molar-refractivity contribution < 1.29 is 0 Å². The summed E-state index contributed by atoms with van der Waals surface area (Å²) in [5.74, 6) is 1.18. The molecule has 0 radical (unpaired) electrons. The van der Waals surface area contributed by atoms with Crippen molar-refractivity contribution in [3.05, 3.63) is 102 Å². The summed E-state index contributed by atoms with van der Waals surface area (Å²) in [4.78, 5) is 13.8. The van der Waals surface area contributed by atoms with E-state index in [-0.39, 0.29) is 0 Å². The highest BCUT2D eigenvalue weighted by Crippen LogP contribution is 2.30. The summed E-state index contributed by atoms with van der Waals surface area (Å²) < 4.78 is 2.05. The number of nitrogens with two attached hydrogens (primary N) is 1. The van der Waals surface area contributed by atoms with Crippen LogP contribution < -0.4 is 11.1 Å². The molecule has 158 valence electrons. The number of imidazole rings is 1. The second-order valence-electron chi connectivity index (χ2n) is 7.76. The minimum absolute atomic E-state index is 0.447. The van der Waals surface area contributed by atoms with Gasteiger partial charge in [0.25, 0.3) is 0 Å². The van der Waals surface area contributed by atoms with E-state index in [9.17, 15) is 0 Å². The van der Waals surface area contributed by atoms with Crippen LogP contribution in [0.2, 0.25) is 0 Å². The number of aryl methyl sites for hydroxylation is 1. The first-order chi connectivity index (χ1) is 15.7. The number of pyridine rings is 2. The molecule has 0 amide bonds. The second-order valence-corrected chi connectivity index (χ2v) is 7.76. The van der Waals surface area contributed by atoms with Crippen LogP contribution in [0.15, 0.2) is 85.1 Å². The Hall–Kier alpha value is -4.03. The average Bonchev–Trinajstić information content (AvgIpc) is 3.19. The van der Waals surface area contributed by atoms with E-state index in [0.717, 1.165) is 47.0 Å². The Balaban J connectivity index is 1.48. The third-order valence-corrected chi connectivity index (χ3v) is 5.42. The summed E-state index contributed by atoms with van der Waals surface area (Å²) in [7, 11) is 0. The Morgan fingerprint density at radius 3 is 2.31 bits per heavy atom. The molecule has 0 saturated heterocycles. The van der Waals surface area contributed by atoms with E-state index in [0.29, 0.717) is 5.82 Å². The number of nitrogens with one attached hydrogen (secondary N) is 1. The highest BCUT2D eigenvalue weighted by Gasteiger charge is 2.17. The van der Waals surface area contributed by atoms with E-state index in [1.54, 1.807) is 6.20 Å². The molecule has 0 aliphatic heterocycles. The normalized spacial score (nSPS) is 11.2. The number of hydrogen-bond acceptors (Lipinski definition) is 5. The van der Waals surface area contributed by atoms with E-state index in [1.165, 1.54) is 11.1 Å². The fourth-order valence-corrected chi connectivity index (χ4v) is 3.79. The molecule has 3 aromatic heterocycles. The summed E-state index contributed by atoms with van der Waals surface area (Å²) in [5.41, 5.74) is 13.0. The molecule has 5 aromatic rings. The minimum Gasteiger partial charge on any atom is -0.383 e. The first kappa shape index (κ1) is 19.9. The van der Waals surface area contributed by atoms with Crippen LogP contribution in [0.4, 0.5) is 5.82 Å². The smallest absolute Gasteiger partial charge is 0.165 e. The summed E-state index contributed by atoms with van der Waals surface area (Å²) in [5, 5.41) is 3.50. The standard InChI is InChI=1S/C26H24N6/c1-18-9-14-23-26(30-18)32(25(31-23)22-8-5-15-29-24(22)27)21-12-10-20(11-13-21)17-28-16-19-6-3-2-4-7-19/h2-15,28H,16-17H2,1H3,(H2,27,29). The number of fused-ring (bicyclic) bond motifs is 1. The Morgan fingerprint density at radius 2 is 1.56 bits per heavy atom. The Labute approximate surface area is 186 Å². The van der Waals surface area contributed by atoms with Crippen LogP contribution in [0.3, 0.4) is 0 Å². The predicted octanol–water partition coefficient (Wildman–Crippen LogP) is 4.66. The summed E-state index contributed by atoms with van der Waals surface area (Å²) in [6.45, 7) is 3.61. The monoisotopic (exact) mass is 420 g/mol. The zero-order valence-corrected chi connectivity index (χ0v) is 17.9. The molecule has 3 N–H and O–H groups in total. The molecule has 3 heterocycles. The lowest BCUT2D eigenvalue weighted by molar-refractivity contribution is 0.693. The van der Waals surface area contributed by atoms with Gasteiger partial charge in [0.1, 0.15) is 11.3 Å². The lowest BCUT2D eigenvalue weighted by Gasteiger charge is -2.11. The van der Waals surface area contributed by atoms with Gasteiger partial charge in [-0.1, -0.05) is 42.5 Å². The van der Waals surface area contributed by atoms with Gasteiger partial charge >= 0.3 is 0 Å². The SMILES string of the molecule is Cc1ccc2nc(-c3cccnc3N)n(-c3ccc(CNCc4ccccc4)cc3)c2n1. The molecule has 6 nitrogen and oxygen atoms in total. The highest BCUT2D eigenvalue weighted by molar-refractivity contribution is 5.82. The van der Waals surface area contributed by atoms with Crippen molar-refractivity contribution in [2.24, 2.45) is 0 Å². The second kappa shape index (κ2) is 8.61. The van der Waals surface area contributed by atoms with Gasteiger partial charge in [0.2, 0.25) is 0 Å². The van der Waals surface area contributed by atoms with Crippen LogP contribution in [0.1, 0.15) is 16.8 Å². The van der Waals surface area contributed by atoms with Gasteiger partial charge in [0.05, 0.1) is 5.56 Å². The van der Waals surface area contributed by atoms with E-state index >= 15 is 0 Å².